The van der Waals surface area contributed by atoms with Crippen molar-refractivity contribution in [3.05, 3.63) is 12.4 Å². The van der Waals surface area contributed by atoms with Crippen molar-refractivity contribution in [1.29, 1.82) is 0 Å². The Morgan fingerprint density at radius 3 is 3.00 bits per heavy atom. The van der Waals surface area contributed by atoms with Crippen LogP contribution in [0, 0.1) is 0 Å². The Hall–Kier alpha value is -1.32. The summed E-state index contributed by atoms with van der Waals surface area (Å²) < 4.78 is 1.39. The average Bonchev–Trinajstić information content (AvgIpc) is 2.13. The fourth-order valence-electron chi connectivity index (χ4n) is 0.667. The van der Waals surface area contributed by atoms with E-state index in [0.717, 1.165) is 0 Å². The lowest BCUT2D eigenvalue weighted by Gasteiger charge is -1.92. The quantitative estimate of drug-likeness (QED) is 0.637. The fourth-order valence-corrected chi connectivity index (χ4v) is 0.667. The molecule has 0 amide bonds. The zero-order valence-corrected chi connectivity index (χ0v) is 5.61. The molecular formula is C6H8N2O2. The van der Waals surface area contributed by atoms with Crippen molar-refractivity contribution in [2.45, 2.75) is 13.5 Å². The number of aromatic hydroxyl groups is 1. The van der Waals surface area contributed by atoms with Gasteiger partial charge in [0.1, 0.15) is 0 Å². The minimum absolute atomic E-state index is 0.0168. The van der Waals surface area contributed by atoms with Crippen molar-refractivity contribution in [3.63, 3.8) is 0 Å². The number of carbonyl (C=O) groups is 1. The number of carbonyl (C=O) groups excluding carboxylic acids is 1. The van der Waals surface area contributed by atoms with Gasteiger partial charge in [0.15, 0.2) is 11.5 Å². The van der Waals surface area contributed by atoms with Gasteiger partial charge in [0, 0.05) is 0 Å². The summed E-state index contributed by atoms with van der Waals surface area (Å²) in [6.45, 7) is 1.69. The van der Waals surface area contributed by atoms with E-state index in [9.17, 15) is 4.79 Å². The number of nitrogens with zero attached hydrogens (tertiary/aromatic N) is 2. The van der Waals surface area contributed by atoms with E-state index in [-0.39, 0.29) is 18.1 Å². The molecule has 1 rings (SSSR count). The summed E-state index contributed by atoms with van der Waals surface area (Å²) in [5.41, 5.74) is 0. The van der Waals surface area contributed by atoms with Crippen molar-refractivity contribution in [1.82, 2.24) is 9.78 Å². The molecule has 0 radical (unpaired) electrons. The molecule has 0 saturated heterocycles. The number of hydrogen-bond acceptors (Lipinski definition) is 3. The third-order valence-corrected chi connectivity index (χ3v) is 1.00. The molecule has 4 nitrogen and oxygen atoms in total. The lowest BCUT2D eigenvalue weighted by Crippen LogP contribution is -2.05. The highest BCUT2D eigenvalue weighted by Gasteiger charge is 1.97. The summed E-state index contributed by atoms with van der Waals surface area (Å²) in [5, 5.41) is 12.5. The van der Waals surface area contributed by atoms with E-state index in [1.165, 1.54) is 24.0 Å². The van der Waals surface area contributed by atoms with E-state index in [4.69, 9.17) is 5.11 Å². The first kappa shape index (κ1) is 6.80. The zero-order chi connectivity index (χ0) is 7.56. The largest absolute Gasteiger partial charge is 0.505 e. The molecule has 54 valence electrons. The summed E-state index contributed by atoms with van der Waals surface area (Å²) in [6, 6.07) is 0. The molecule has 4 heteroatoms. The van der Waals surface area contributed by atoms with Crippen LogP contribution in [0.5, 0.6) is 5.75 Å². The van der Waals surface area contributed by atoms with E-state index in [2.05, 4.69) is 5.10 Å². The van der Waals surface area contributed by atoms with E-state index in [1.807, 2.05) is 0 Å². The number of aromatic nitrogens is 2. The topological polar surface area (TPSA) is 55.1 Å². The molecule has 0 saturated carbocycles. The van der Waals surface area contributed by atoms with E-state index >= 15 is 0 Å². The van der Waals surface area contributed by atoms with Crippen molar-refractivity contribution < 1.29 is 9.90 Å². The maximum absolute atomic E-state index is 10.5. The number of hydrogen-bond donors (Lipinski definition) is 1. The van der Waals surface area contributed by atoms with Gasteiger partial charge in [-0.2, -0.15) is 5.10 Å². The molecule has 0 spiro atoms. The van der Waals surface area contributed by atoms with Crippen LogP contribution in [0.25, 0.3) is 0 Å². The number of ketones is 1. The van der Waals surface area contributed by atoms with Gasteiger partial charge in [-0.05, 0) is 6.92 Å². The molecule has 0 bridgehead atoms. The molecule has 0 aliphatic rings. The molecule has 0 aliphatic heterocycles. The second kappa shape index (κ2) is 2.51. The Kier molecular flexibility index (Phi) is 1.71. The van der Waals surface area contributed by atoms with Gasteiger partial charge in [-0.1, -0.05) is 0 Å². The van der Waals surface area contributed by atoms with Crippen LogP contribution < -0.4 is 0 Å². The summed E-state index contributed by atoms with van der Waals surface area (Å²) in [6.07, 6.45) is 2.70. The Labute approximate surface area is 58.1 Å². The smallest absolute Gasteiger partial charge is 0.153 e. The molecule has 0 unspecified atom stereocenters. The van der Waals surface area contributed by atoms with Gasteiger partial charge in [-0.25, -0.2) is 0 Å². The molecule has 0 aliphatic carbocycles. The number of Topliss-reactive ketones (excluding diaryl/α,β-unsaturated/α-hetero) is 1. The van der Waals surface area contributed by atoms with Gasteiger partial charge in [-0.3, -0.25) is 9.48 Å². The predicted molar refractivity (Wildman–Crippen MR) is 34.6 cm³/mol. The van der Waals surface area contributed by atoms with Crippen LogP contribution in [-0.4, -0.2) is 20.7 Å². The Balaban J connectivity index is 2.67. The monoisotopic (exact) mass is 140 g/mol. The van der Waals surface area contributed by atoms with Gasteiger partial charge >= 0.3 is 0 Å². The minimum Gasteiger partial charge on any atom is -0.505 e. The van der Waals surface area contributed by atoms with Gasteiger partial charge in [-0.15, -0.1) is 0 Å². The normalized spacial score (nSPS) is 9.70. The second-order valence-corrected chi connectivity index (χ2v) is 2.10. The standard InChI is InChI=1S/C6H8N2O2/c1-5(9)3-8-4-6(10)2-7-8/h2,4,10H,3H2,1H3. The van der Waals surface area contributed by atoms with Gasteiger partial charge in [0.05, 0.1) is 18.9 Å². The molecule has 0 atom stereocenters. The van der Waals surface area contributed by atoms with Crippen molar-refractivity contribution in [2.24, 2.45) is 0 Å². The highest BCUT2D eigenvalue weighted by Crippen LogP contribution is 2.03. The lowest BCUT2D eigenvalue weighted by molar-refractivity contribution is -0.117. The molecular weight excluding hydrogens is 132 g/mol. The molecule has 0 fully saturated rings. The Morgan fingerprint density at radius 1 is 1.90 bits per heavy atom. The fraction of sp³-hybridized carbons (Fsp3) is 0.333. The molecule has 1 heterocycles. The first-order valence-electron chi connectivity index (χ1n) is 2.89. The van der Waals surface area contributed by atoms with E-state index in [0.29, 0.717) is 0 Å². The maximum atomic E-state index is 10.5. The third-order valence-electron chi connectivity index (χ3n) is 1.00. The van der Waals surface area contributed by atoms with Crippen LogP contribution in [0.2, 0.25) is 0 Å². The van der Waals surface area contributed by atoms with Crippen molar-refractivity contribution in [2.75, 3.05) is 0 Å². The van der Waals surface area contributed by atoms with Gasteiger partial charge in [0.2, 0.25) is 0 Å². The minimum atomic E-state index is 0.0168. The second-order valence-electron chi connectivity index (χ2n) is 2.10. The summed E-state index contributed by atoms with van der Waals surface area (Å²) >= 11 is 0. The molecule has 1 aromatic heterocycles. The average molecular weight is 140 g/mol. The van der Waals surface area contributed by atoms with E-state index in [1.54, 1.807) is 0 Å². The van der Waals surface area contributed by atoms with Crippen LogP contribution in [0.3, 0.4) is 0 Å². The SMILES string of the molecule is CC(=O)Cn1cc(O)cn1. The lowest BCUT2D eigenvalue weighted by atomic mass is 10.4. The van der Waals surface area contributed by atoms with E-state index < -0.39 is 0 Å². The summed E-state index contributed by atoms with van der Waals surface area (Å²) in [4.78, 5) is 10.5. The van der Waals surface area contributed by atoms with Crippen LogP contribution in [0.15, 0.2) is 12.4 Å². The Bertz CT molecular complexity index is 242. The maximum Gasteiger partial charge on any atom is 0.153 e. The summed E-state index contributed by atoms with van der Waals surface area (Å²) in [7, 11) is 0. The highest BCUT2D eigenvalue weighted by atomic mass is 16.3. The van der Waals surface area contributed by atoms with Crippen LogP contribution >= 0.6 is 0 Å². The van der Waals surface area contributed by atoms with Crippen molar-refractivity contribution in [3.8, 4) is 5.75 Å². The predicted octanol–water partition coefficient (Wildman–Crippen LogP) is 0.178. The molecule has 10 heavy (non-hydrogen) atoms. The zero-order valence-electron chi connectivity index (χ0n) is 5.61. The van der Waals surface area contributed by atoms with Gasteiger partial charge < -0.3 is 5.11 Å². The van der Waals surface area contributed by atoms with Crippen molar-refractivity contribution >= 4 is 5.78 Å². The molecule has 1 aromatic rings. The third kappa shape index (κ3) is 1.58. The summed E-state index contributed by atoms with van der Waals surface area (Å²) in [5.74, 6) is 0.101. The molecule has 1 N–H and O–H groups in total. The van der Waals surface area contributed by atoms with Gasteiger partial charge in [0.25, 0.3) is 0 Å². The first-order chi connectivity index (χ1) is 4.68. The van der Waals surface area contributed by atoms with Crippen LogP contribution in [0.1, 0.15) is 6.92 Å². The van der Waals surface area contributed by atoms with Crippen LogP contribution in [-0.2, 0) is 11.3 Å². The first-order valence-corrected chi connectivity index (χ1v) is 2.89. The molecule has 0 aromatic carbocycles. The highest BCUT2D eigenvalue weighted by molar-refractivity contribution is 5.75. The Morgan fingerprint density at radius 2 is 2.60 bits per heavy atom. The van der Waals surface area contributed by atoms with Crippen LogP contribution in [0.4, 0.5) is 0 Å². The number of rotatable bonds is 2.